The van der Waals surface area contributed by atoms with E-state index in [9.17, 15) is 14.4 Å². The molecule has 1 heterocycles. The lowest BCUT2D eigenvalue weighted by molar-refractivity contribution is -0.183. The van der Waals surface area contributed by atoms with Crippen molar-refractivity contribution in [3.63, 3.8) is 0 Å². The van der Waals surface area contributed by atoms with Crippen molar-refractivity contribution in [2.45, 2.75) is 44.8 Å². The van der Waals surface area contributed by atoms with Crippen molar-refractivity contribution in [2.24, 2.45) is 11.3 Å². The van der Waals surface area contributed by atoms with Gasteiger partial charge in [0.25, 0.3) is 0 Å². The molecule has 1 saturated carbocycles. The Bertz CT molecular complexity index is 1030. The summed E-state index contributed by atoms with van der Waals surface area (Å²) in [6.45, 7) is 8.48. The molecule has 5 unspecified atom stereocenters. The van der Waals surface area contributed by atoms with Gasteiger partial charge in [-0.1, -0.05) is 19.1 Å². The van der Waals surface area contributed by atoms with Crippen molar-refractivity contribution >= 4 is 17.7 Å². The Hall–Kier alpha value is -3.13. The van der Waals surface area contributed by atoms with Crippen molar-refractivity contribution < 1.29 is 38.1 Å². The summed E-state index contributed by atoms with van der Waals surface area (Å²) in [6, 6.07) is 5.44. The number of allylic oxidation sites excluding steroid dienone is 1. The Morgan fingerprint density at radius 2 is 1.94 bits per heavy atom. The highest BCUT2D eigenvalue weighted by atomic mass is 16.7. The van der Waals surface area contributed by atoms with Gasteiger partial charge in [0, 0.05) is 32.3 Å². The van der Waals surface area contributed by atoms with Crippen molar-refractivity contribution in [3.05, 3.63) is 48.3 Å². The topological polar surface area (TPSA) is 97.4 Å². The van der Waals surface area contributed by atoms with E-state index in [1.807, 2.05) is 19.1 Å². The molecule has 1 aromatic carbocycles. The van der Waals surface area contributed by atoms with Crippen molar-refractivity contribution in [2.75, 3.05) is 13.9 Å². The Balaban J connectivity index is 1.97. The number of fused-ring (bicyclic) bond motifs is 3. The van der Waals surface area contributed by atoms with E-state index in [0.717, 1.165) is 5.56 Å². The van der Waals surface area contributed by atoms with E-state index in [4.69, 9.17) is 23.7 Å². The Morgan fingerprint density at radius 1 is 1.22 bits per heavy atom. The molecule has 32 heavy (non-hydrogen) atoms. The van der Waals surface area contributed by atoms with E-state index in [-0.39, 0.29) is 18.5 Å². The van der Waals surface area contributed by atoms with Gasteiger partial charge in [-0.25, -0.2) is 0 Å². The average Bonchev–Trinajstić information content (AvgIpc) is 3.25. The Labute approximate surface area is 186 Å². The molecule has 0 spiro atoms. The van der Waals surface area contributed by atoms with Crippen molar-refractivity contribution in [1.82, 2.24) is 0 Å². The molecule has 0 radical (unpaired) electrons. The first kappa shape index (κ1) is 22.1. The fourth-order valence-electron chi connectivity index (χ4n) is 5.62. The number of carbonyl (C=O) groups is 3. The lowest BCUT2D eigenvalue weighted by Gasteiger charge is -2.43. The first-order valence-electron chi connectivity index (χ1n) is 10.4. The molecule has 5 atom stereocenters. The van der Waals surface area contributed by atoms with E-state index in [0.29, 0.717) is 17.9 Å². The van der Waals surface area contributed by atoms with Crippen LogP contribution < -0.4 is 9.47 Å². The second-order valence-electron chi connectivity index (χ2n) is 8.40. The highest BCUT2D eigenvalue weighted by Gasteiger charge is 2.74. The maximum Gasteiger partial charge on any atom is 0.308 e. The van der Waals surface area contributed by atoms with Gasteiger partial charge in [-0.05, 0) is 36.1 Å². The molecule has 3 aliphatic rings. The minimum absolute atomic E-state index is 0.111. The molecule has 8 nitrogen and oxygen atoms in total. The summed E-state index contributed by atoms with van der Waals surface area (Å²) in [5.74, 6) is -1.46. The van der Waals surface area contributed by atoms with E-state index in [1.54, 1.807) is 18.2 Å². The lowest BCUT2D eigenvalue weighted by Crippen LogP contribution is -2.59. The minimum Gasteiger partial charge on any atom is -0.458 e. The number of ketones is 1. The highest BCUT2D eigenvalue weighted by molar-refractivity contribution is 6.05. The quantitative estimate of drug-likeness (QED) is 0.490. The van der Waals surface area contributed by atoms with Crippen LogP contribution in [0.2, 0.25) is 0 Å². The predicted octanol–water partition coefficient (Wildman–Crippen LogP) is 3.06. The van der Waals surface area contributed by atoms with Gasteiger partial charge >= 0.3 is 11.9 Å². The van der Waals surface area contributed by atoms with Gasteiger partial charge in [0.2, 0.25) is 12.6 Å². The maximum atomic E-state index is 13.8. The predicted molar refractivity (Wildman–Crippen MR) is 112 cm³/mol. The first-order valence-corrected chi connectivity index (χ1v) is 10.4. The zero-order valence-corrected chi connectivity index (χ0v) is 18.5. The molecular formula is C24H26O8. The first-order chi connectivity index (χ1) is 15.2. The third-order valence-corrected chi connectivity index (χ3v) is 6.79. The van der Waals surface area contributed by atoms with E-state index < -0.39 is 40.8 Å². The summed E-state index contributed by atoms with van der Waals surface area (Å²) in [4.78, 5) is 37.8. The summed E-state index contributed by atoms with van der Waals surface area (Å²) in [6.07, 6.45) is 2.73. The third-order valence-electron chi connectivity index (χ3n) is 6.79. The largest absolute Gasteiger partial charge is 0.458 e. The van der Waals surface area contributed by atoms with Gasteiger partial charge < -0.3 is 23.7 Å². The fraction of sp³-hybridized carbons (Fsp3) is 0.458. The van der Waals surface area contributed by atoms with E-state index in [1.165, 1.54) is 21.0 Å². The van der Waals surface area contributed by atoms with Crippen LogP contribution >= 0.6 is 0 Å². The SMILES string of the molecule is C=CCC12C=C(OC(C)=O)C(=O)C(OC)(C(c3ccc4c(c3)OCO4)C1C)C2OC(C)=O. The summed E-state index contributed by atoms with van der Waals surface area (Å²) in [5.41, 5.74) is -1.73. The van der Waals surface area contributed by atoms with Crippen LogP contribution in [0.25, 0.3) is 0 Å². The van der Waals surface area contributed by atoms with E-state index >= 15 is 0 Å². The van der Waals surface area contributed by atoms with Crippen LogP contribution in [0.15, 0.2) is 42.7 Å². The van der Waals surface area contributed by atoms with Gasteiger partial charge in [0.1, 0.15) is 6.10 Å². The summed E-state index contributed by atoms with van der Waals surface area (Å²) in [5, 5.41) is 0. The van der Waals surface area contributed by atoms with Crippen molar-refractivity contribution in [3.8, 4) is 11.5 Å². The number of rotatable bonds is 6. The fourth-order valence-corrected chi connectivity index (χ4v) is 5.62. The maximum absolute atomic E-state index is 13.8. The van der Waals surface area contributed by atoms with E-state index in [2.05, 4.69) is 6.58 Å². The number of methoxy groups -OCH3 is 1. The standard InChI is InChI=1S/C24H26O8/c1-6-9-23-11-19(31-14(3)25)21(27)24(28-5,22(23)32-15(4)26)20(13(23)2)16-7-8-17-18(10-16)30-12-29-17/h6-8,10-11,13,20,22H,1,9,12H2,2-5H3. The molecular weight excluding hydrogens is 416 g/mol. The van der Waals surface area contributed by atoms with Gasteiger partial charge in [-0.15, -0.1) is 6.58 Å². The smallest absolute Gasteiger partial charge is 0.308 e. The second kappa shape index (κ2) is 7.78. The highest BCUT2D eigenvalue weighted by Crippen LogP contribution is 2.65. The Kier molecular flexibility index (Phi) is 5.36. The zero-order valence-electron chi connectivity index (χ0n) is 18.5. The van der Waals surface area contributed by atoms with Crippen LogP contribution in [0.1, 0.15) is 38.7 Å². The summed E-state index contributed by atoms with van der Waals surface area (Å²) < 4.78 is 28.0. The van der Waals surface area contributed by atoms with Crippen LogP contribution in [0.4, 0.5) is 0 Å². The summed E-state index contributed by atoms with van der Waals surface area (Å²) >= 11 is 0. The molecule has 8 heteroatoms. The Morgan fingerprint density at radius 3 is 2.56 bits per heavy atom. The molecule has 2 aliphatic carbocycles. The van der Waals surface area contributed by atoms with Gasteiger partial charge in [0.05, 0.1) is 0 Å². The minimum atomic E-state index is -1.61. The zero-order chi connectivity index (χ0) is 23.3. The average molecular weight is 442 g/mol. The van der Waals surface area contributed by atoms with Crippen molar-refractivity contribution in [1.29, 1.82) is 0 Å². The van der Waals surface area contributed by atoms with Gasteiger partial charge in [0.15, 0.2) is 22.9 Å². The third kappa shape index (κ3) is 2.97. The second-order valence-corrected chi connectivity index (χ2v) is 8.40. The van der Waals surface area contributed by atoms with Crippen LogP contribution in [0.5, 0.6) is 11.5 Å². The number of benzene rings is 1. The molecule has 1 aromatic rings. The van der Waals surface area contributed by atoms with Crippen LogP contribution in [0, 0.1) is 11.3 Å². The van der Waals surface area contributed by atoms with Crippen LogP contribution in [-0.4, -0.2) is 43.3 Å². The molecule has 1 fully saturated rings. The number of hydrogen-bond donors (Lipinski definition) is 0. The molecule has 0 N–H and O–H groups in total. The molecule has 0 amide bonds. The van der Waals surface area contributed by atoms with Crippen LogP contribution in [0.3, 0.4) is 0 Å². The lowest BCUT2D eigenvalue weighted by atomic mass is 9.69. The molecule has 0 saturated heterocycles. The normalized spacial score (nSPS) is 32.3. The monoisotopic (exact) mass is 442 g/mol. The number of esters is 2. The number of carbonyl (C=O) groups excluding carboxylic acids is 3. The molecule has 170 valence electrons. The summed E-state index contributed by atoms with van der Waals surface area (Å²) in [7, 11) is 1.40. The van der Waals surface area contributed by atoms with Gasteiger partial charge in [-0.2, -0.15) is 0 Å². The molecule has 4 rings (SSSR count). The molecule has 2 bridgehead atoms. The number of hydrogen-bond acceptors (Lipinski definition) is 8. The number of ether oxygens (including phenoxy) is 5. The number of Topliss-reactive ketones (excluding diaryl/α,β-unsaturated/α-hetero) is 1. The molecule has 1 aliphatic heterocycles. The van der Waals surface area contributed by atoms with Crippen LogP contribution in [-0.2, 0) is 28.6 Å². The molecule has 0 aromatic heterocycles. The van der Waals surface area contributed by atoms with Gasteiger partial charge in [-0.3, -0.25) is 14.4 Å².